The molecule has 45 heavy (non-hydrogen) atoms. The summed E-state index contributed by atoms with van der Waals surface area (Å²) in [6.45, 7) is -0.232. The largest absolute Gasteiger partial charge is 0.357 e. The lowest BCUT2D eigenvalue weighted by Crippen LogP contribution is -2.60. The summed E-state index contributed by atoms with van der Waals surface area (Å²) >= 11 is 12.6. The van der Waals surface area contributed by atoms with Gasteiger partial charge in [0, 0.05) is 10.0 Å². The van der Waals surface area contributed by atoms with Gasteiger partial charge in [0.15, 0.2) is 6.10 Å². The van der Waals surface area contributed by atoms with E-state index < -0.39 is 67.1 Å². The molecule has 1 saturated heterocycles. The molecule has 2 N–H and O–H groups in total. The van der Waals surface area contributed by atoms with E-state index in [1.54, 1.807) is 59.5 Å². The molecule has 14 heteroatoms. The number of amides is 1. The molecule has 1 amide bonds. The molecule has 1 heterocycles. The minimum atomic E-state index is -4.18. The number of morpholine rings is 1. The first-order chi connectivity index (χ1) is 21.3. The Labute approximate surface area is 272 Å². The zero-order valence-electron chi connectivity index (χ0n) is 24.0. The fourth-order valence-electron chi connectivity index (χ4n) is 6.04. The lowest BCUT2D eigenvalue weighted by atomic mass is 9.89. The number of anilines is 1. The molecule has 3 fully saturated rings. The Morgan fingerprint density at radius 3 is 2.20 bits per heavy atom. The number of benzene rings is 3. The van der Waals surface area contributed by atoms with Crippen molar-refractivity contribution in [1.29, 1.82) is 0 Å². The Morgan fingerprint density at radius 1 is 0.911 bits per heavy atom. The van der Waals surface area contributed by atoms with Gasteiger partial charge in [-0.25, -0.2) is 26.4 Å². The molecule has 0 aromatic heterocycles. The number of hydrogen-bond acceptors (Lipinski definition) is 6. The van der Waals surface area contributed by atoms with E-state index in [9.17, 15) is 21.6 Å². The molecule has 240 valence electrons. The fraction of sp³-hybridized carbons (Fsp3) is 0.387. The minimum absolute atomic E-state index is 0.105. The van der Waals surface area contributed by atoms with Crippen molar-refractivity contribution in [3.63, 3.8) is 0 Å². The third-order valence-electron chi connectivity index (χ3n) is 8.45. The number of nitrogens with two attached hydrogens (primary N) is 1. The van der Waals surface area contributed by atoms with Crippen LogP contribution in [-0.2, 0) is 29.6 Å². The highest BCUT2D eigenvalue weighted by atomic mass is 35.5. The van der Waals surface area contributed by atoms with Gasteiger partial charge in [0.25, 0.3) is 5.91 Å². The van der Waals surface area contributed by atoms with Crippen LogP contribution in [0.3, 0.4) is 0 Å². The molecule has 0 bridgehead atoms. The molecule has 3 aromatic rings. The zero-order chi connectivity index (χ0) is 32.1. The van der Waals surface area contributed by atoms with Crippen LogP contribution in [-0.4, -0.2) is 57.3 Å². The van der Waals surface area contributed by atoms with E-state index in [0.717, 1.165) is 4.31 Å². The van der Waals surface area contributed by atoms with Crippen molar-refractivity contribution in [3.8, 4) is 0 Å². The molecule has 0 unspecified atom stereocenters. The fourth-order valence-corrected chi connectivity index (χ4v) is 8.89. The molecule has 3 aliphatic rings. The number of primary sulfonamides is 1. The van der Waals surface area contributed by atoms with E-state index in [1.807, 2.05) is 0 Å². The number of hydrogen-bond donors (Lipinski definition) is 1. The smallest absolute Gasteiger partial charge is 0.253 e. The monoisotopic (exact) mass is 695 g/mol. The topological polar surface area (TPSA) is 127 Å². The average molecular weight is 697 g/mol. The van der Waals surface area contributed by atoms with Crippen molar-refractivity contribution < 1.29 is 30.8 Å². The Balaban J connectivity index is 1.52. The summed E-state index contributed by atoms with van der Waals surface area (Å²) in [5, 5.41) is 5.62. The Morgan fingerprint density at radius 2 is 1.60 bits per heavy atom. The van der Waals surface area contributed by atoms with Gasteiger partial charge in [-0.15, -0.1) is 0 Å². The summed E-state index contributed by atoms with van der Waals surface area (Å²) in [5.74, 6) is -2.29. The molecular formula is C31H32Cl2FN3O6S2. The second-order valence-electron chi connectivity index (χ2n) is 11.8. The van der Waals surface area contributed by atoms with E-state index in [-0.39, 0.29) is 18.2 Å². The predicted molar refractivity (Wildman–Crippen MR) is 170 cm³/mol. The lowest BCUT2D eigenvalue weighted by molar-refractivity contribution is -0.176. The van der Waals surface area contributed by atoms with Crippen molar-refractivity contribution in [2.75, 3.05) is 16.6 Å². The lowest BCUT2D eigenvalue weighted by Gasteiger charge is -2.49. The molecule has 3 aromatic carbocycles. The highest BCUT2D eigenvalue weighted by molar-refractivity contribution is 7.93. The van der Waals surface area contributed by atoms with Crippen LogP contribution in [0.4, 0.5) is 10.1 Å². The van der Waals surface area contributed by atoms with Crippen molar-refractivity contribution in [3.05, 3.63) is 99.8 Å². The number of rotatable bonds is 11. The summed E-state index contributed by atoms with van der Waals surface area (Å²) in [5.41, 5.74) is 1.09. The summed E-state index contributed by atoms with van der Waals surface area (Å²) in [6, 6.07) is 17.7. The second-order valence-corrected chi connectivity index (χ2v) is 16.5. The van der Waals surface area contributed by atoms with Crippen LogP contribution in [0.25, 0.3) is 0 Å². The third-order valence-corrected chi connectivity index (χ3v) is 12.0. The van der Waals surface area contributed by atoms with E-state index in [4.69, 9.17) is 33.1 Å². The van der Waals surface area contributed by atoms with Crippen LogP contribution < -0.4 is 9.44 Å². The van der Waals surface area contributed by atoms with Gasteiger partial charge in [-0.2, -0.15) is 0 Å². The van der Waals surface area contributed by atoms with E-state index in [2.05, 4.69) is 0 Å². The molecule has 1 aliphatic heterocycles. The zero-order valence-corrected chi connectivity index (χ0v) is 27.2. The number of para-hydroxylation sites is 1. The molecule has 6 rings (SSSR count). The third kappa shape index (κ3) is 7.01. The summed E-state index contributed by atoms with van der Waals surface area (Å²) < 4.78 is 75.0. The standard InChI is InChI=1S/C31H32Cl2FN3O6S2/c32-22-12-10-20(11-13-22)29-30(21-4-3-5-23(33)16-21)43-28(18-44(35,39)40)31(38)37(29)27(19-8-9-19)17-36(45(41,42)24-14-15-24)26-7-2-1-6-25(26)34/h1-7,10-13,16,19,24,27-30H,8-9,14-15,17-18H2,(H2,35,39,40)/t27-,28+,29+,30+/m0/s1. The van der Waals surface area contributed by atoms with Crippen molar-refractivity contribution >= 4 is 54.8 Å². The number of ether oxygens (including phenoxy) is 1. The van der Waals surface area contributed by atoms with E-state index in [0.29, 0.717) is 46.9 Å². The quantitative estimate of drug-likeness (QED) is 0.294. The first-order valence-electron chi connectivity index (χ1n) is 14.6. The normalized spacial score (nSPS) is 23.2. The van der Waals surface area contributed by atoms with Gasteiger partial charge < -0.3 is 9.64 Å². The molecule has 0 spiro atoms. The van der Waals surface area contributed by atoms with Crippen LogP contribution in [0, 0.1) is 11.7 Å². The number of halogens is 3. The molecule has 4 atom stereocenters. The van der Waals surface area contributed by atoms with Crippen molar-refractivity contribution in [2.24, 2.45) is 11.1 Å². The highest BCUT2D eigenvalue weighted by Gasteiger charge is 2.52. The van der Waals surface area contributed by atoms with Crippen molar-refractivity contribution in [2.45, 2.75) is 55.2 Å². The van der Waals surface area contributed by atoms with Crippen LogP contribution in [0.5, 0.6) is 0 Å². The van der Waals surface area contributed by atoms with E-state index >= 15 is 4.39 Å². The Hall–Kier alpha value is -2.74. The SMILES string of the molecule is NS(=O)(=O)C[C@H]1O[C@H](c2cccc(Cl)c2)[C@@H](c2ccc(Cl)cc2)N([C@@H](CN(c2ccccc2F)S(=O)(=O)C2CC2)C2CC2)C1=O. The second kappa shape index (κ2) is 12.5. The molecule has 0 radical (unpaired) electrons. The van der Waals surface area contributed by atoms with Gasteiger partial charge in [-0.05, 0) is 79.1 Å². The Kier molecular flexibility index (Phi) is 8.92. The van der Waals surface area contributed by atoms with Crippen LogP contribution in [0.2, 0.25) is 10.0 Å². The highest BCUT2D eigenvalue weighted by Crippen LogP contribution is 2.48. The number of carbonyl (C=O) groups is 1. The van der Waals surface area contributed by atoms with Gasteiger partial charge in [-0.3, -0.25) is 9.10 Å². The van der Waals surface area contributed by atoms with Gasteiger partial charge >= 0.3 is 0 Å². The van der Waals surface area contributed by atoms with E-state index in [1.165, 1.54) is 18.2 Å². The van der Waals surface area contributed by atoms with Gasteiger partial charge in [0.1, 0.15) is 11.9 Å². The summed E-state index contributed by atoms with van der Waals surface area (Å²) in [6.07, 6.45) is -0.109. The number of carbonyl (C=O) groups excluding carboxylic acids is 1. The van der Waals surface area contributed by atoms with Gasteiger partial charge in [0.05, 0.1) is 35.3 Å². The maximum absolute atomic E-state index is 15.3. The first-order valence-corrected chi connectivity index (χ1v) is 18.6. The van der Waals surface area contributed by atoms with Crippen LogP contribution in [0.1, 0.15) is 49.0 Å². The molecule has 9 nitrogen and oxygen atoms in total. The number of nitrogens with zero attached hydrogens (tertiary/aromatic N) is 2. The van der Waals surface area contributed by atoms with Crippen LogP contribution >= 0.6 is 23.2 Å². The molecule has 2 aliphatic carbocycles. The maximum atomic E-state index is 15.3. The Bertz CT molecular complexity index is 1800. The summed E-state index contributed by atoms with van der Waals surface area (Å²) in [4.78, 5) is 16.0. The van der Waals surface area contributed by atoms with Gasteiger partial charge in [-0.1, -0.05) is 59.6 Å². The number of sulfonamides is 2. The average Bonchev–Trinajstić information content (AvgIpc) is 3.89. The van der Waals surface area contributed by atoms with Crippen LogP contribution in [0.15, 0.2) is 72.8 Å². The summed E-state index contributed by atoms with van der Waals surface area (Å²) in [7, 11) is -8.17. The first kappa shape index (κ1) is 32.2. The minimum Gasteiger partial charge on any atom is -0.357 e. The molecular weight excluding hydrogens is 664 g/mol. The molecule has 2 saturated carbocycles. The van der Waals surface area contributed by atoms with Gasteiger partial charge in [0.2, 0.25) is 20.0 Å². The predicted octanol–water partition coefficient (Wildman–Crippen LogP) is 5.21. The van der Waals surface area contributed by atoms with Crippen molar-refractivity contribution in [1.82, 2.24) is 4.90 Å². The maximum Gasteiger partial charge on any atom is 0.253 e.